The molecule has 2 aromatic carbocycles. The summed E-state index contributed by atoms with van der Waals surface area (Å²) in [5, 5.41) is 18.6. The van der Waals surface area contributed by atoms with Crippen LogP contribution in [0.1, 0.15) is 63.4 Å². The topological polar surface area (TPSA) is 106 Å². The van der Waals surface area contributed by atoms with Gasteiger partial charge in [0.05, 0.1) is 17.3 Å². The maximum Gasteiger partial charge on any atom is 0.253 e. The summed E-state index contributed by atoms with van der Waals surface area (Å²) in [5.74, 6) is 0.917. The Balaban J connectivity index is 1.35. The molecular weight excluding hydrogens is 414 g/mol. The van der Waals surface area contributed by atoms with Gasteiger partial charge in [-0.2, -0.15) is 10.5 Å². The van der Waals surface area contributed by atoms with Gasteiger partial charge in [-0.15, -0.1) is 0 Å². The van der Waals surface area contributed by atoms with E-state index in [4.69, 9.17) is 10.00 Å². The van der Waals surface area contributed by atoms with E-state index in [1.54, 1.807) is 0 Å². The zero-order valence-electron chi connectivity index (χ0n) is 18.3. The molecule has 7 nitrogen and oxygen atoms in total. The molecule has 164 valence electrons. The summed E-state index contributed by atoms with van der Waals surface area (Å²) in [6.07, 6.45) is 1.74. The molecule has 1 aromatic heterocycles. The third-order valence-electron chi connectivity index (χ3n) is 6.50. The average molecular weight is 438 g/mol. The van der Waals surface area contributed by atoms with Crippen LogP contribution in [-0.4, -0.2) is 40.5 Å². The number of aromatic nitrogens is 2. The zero-order valence-corrected chi connectivity index (χ0v) is 18.3. The molecule has 3 heterocycles. The molecule has 1 amide bonds. The minimum atomic E-state index is -0.115. The van der Waals surface area contributed by atoms with Crippen molar-refractivity contribution in [3.8, 4) is 23.4 Å². The number of aryl methyl sites for hydroxylation is 1. The number of aromatic amines is 1. The highest BCUT2D eigenvalue weighted by Crippen LogP contribution is 2.33. The molecule has 0 spiro atoms. The maximum atomic E-state index is 13.1. The van der Waals surface area contributed by atoms with Gasteiger partial charge in [0.15, 0.2) is 5.69 Å². The number of amides is 1. The van der Waals surface area contributed by atoms with Crippen molar-refractivity contribution in [2.75, 3.05) is 19.7 Å². The van der Waals surface area contributed by atoms with Crippen LogP contribution in [0.25, 0.3) is 11.3 Å². The van der Waals surface area contributed by atoms with Crippen LogP contribution in [0.4, 0.5) is 0 Å². The van der Waals surface area contributed by atoms with Crippen LogP contribution in [0.3, 0.4) is 0 Å². The average Bonchev–Trinajstić information content (AvgIpc) is 3.48. The molecule has 5 rings (SSSR count). The van der Waals surface area contributed by atoms with Crippen molar-refractivity contribution in [3.05, 3.63) is 76.2 Å². The normalized spacial score (nSPS) is 17.9. The van der Waals surface area contributed by atoms with Crippen molar-refractivity contribution in [3.63, 3.8) is 0 Å². The fraction of sp³-hybridized carbons (Fsp3) is 0.308. The summed E-state index contributed by atoms with van der Waals surface area (Å²) < 4.78 is 5.71. The standard InChI is InChI=1S/C26H23N5O2/c1-16-4-7-19(26(32)31-14-20(15-31)18-8-5-17(12-27)6-9-18)11-21(16)24-22(13-28)29-25(30-24)23-3-2-10-33-23/h4-9,11,20,23H,2-3,10,14-15H2,1H3,(H,29,30). The molecule has 3 aromatic rings. The van der Waals surface area contributed by atoms with E-state index in [2.05, 4.69) is 22.1 Å². The first-order valence-corrected chi connectivity index (χ1v) is 11.1. The lowest BCUT2D eigenvalue weighted by Gasteiger charge is -2.39. The summed E-state index contributed by atoms with van der Waals surface area (Å²) in [6, 6.07) is 17.4. The Morgan fingerprint density at radius 1 is 1.15 bits per heavy atom. The molecule has 0 saturated carbocycles. The van der Waals surface area contributed by atoms with E-state index in [0.717, 1.165) is 29.5 Å². The summed E-state index contributed by atoms with van der Waals surface area (Å²) >= 11 is 0. The van der Waals surface area contributed by atoms with Crippen molar-refractivity contribution < 1.29 is 9.53 Å². The number of nitrogens with one attached hydrogen (secondary N) is 1. The van der Waals surface area contributed by atoms with E-state index in [1.165, 1.54) is 0 Å². The highest BCUT2D eigenvalue weighted by atomic mass is 16.5. The van der Waals surface area contributed by atoms with Gasteiger partial charge in [-0.3, -0.25) is 4.79 Å². The molecular formula is C26H23N5O2. The Labute approximate surface area is 192 Å². The highest BCUT2D eigenvalue weighted by molar-refractivity contribution is 5.96. The number of hydrogen-bond donors (Lipinski definition) is 1. The predicted octanol–water partition coefficient (Wildman–Crippen LogP) is 4.22. The van der Waals surface area contributed by atoms with Gasteiger partial charge in [0.25, 0.3) is 5.91 Å². The van der Waals surface area contributed by atoms with Crippen molar-refractivity contribution in [2.45, 2.75) is 31.8 Å². The Morgan fingerprint density at radius 3 is 2.61 bits per heavy atom. The SMILES string of the molecule is Cc1ccc(C(=O)N2CC(c3ccc(C#N)cc3)C2)cc1-c1[nH]c(C2CCCO2)nc1C#N. The predicted molar refractivity (Wildman–Crippen MR) is 121 cm³/mol. The molecule has 33 heavy (non-hydrogen) atoms. The highest BCUT2D eigenvalue weighted by Gasteiger charge is 2.32. The number of hydrogen-bond acceptors (Lipinski definition) is 5. The lowest BCUT2D eigenvalue weighted by molar-refractivity contribution is 0.0602. The van der Waals surface area contributed by atoms with E-state index in [0.29, 0.717) is 48.0 Å². The van der Waals surface area contributed by atoms with Gasteiger partial charge in [0, 0.05) is 36.7 Å². The van der Waals surface area contributed by atoms with Crippen molar-refractivity contribution in [1.82, 2.24) is 14.9 Å². The first-order valence-electron chi connectivity index (χ1n) is 11.1. The summed E-state index contributed by atoms with van der Waals surface area (Å²) in [4.78, 5) is 22.7. The quantitative estimate of drug-likeness (QED) is 0.658. The van der Waals surface area contributed by atoms with Gasteiger partial charge >= 0.3 is 0 Å². The second-order valence-electron chi connectivity index (χ2n) is 8.63. The molecule has 7 heteroatoms. The molecule has 1 N–H and O–H groups in total. The summed E-state index contributed by atoms with van der Waals surface area (Å²) in [7, 11) is 0. The second-order valence-corrected chi connectivity index (χ2v) is 8.63. The van der Waals surface area contributed by atoms with Crippen LogP contribution in [0.15, 0.2) is 42.5 Å². The lowest BCUT2D eigenvalue weighted by atomic mass is 9.90. The summed E-state index contributed by atoms with van der Waals surface area (Å²) in [6.45, 7) is 3.95. The molecule has 0 radical (unpaired) electrons. The van der Waals surface area contributed by atoms with Crippen LogP contribution < -0.4 is 0 Å². The number of benzene rings is 2. The molecule has 0 bridgehead atoms. The Bertz CT molecular complexity index is 1280. The molecule has 0 aliphatic carbocycles. The van der Waals surface area contributed by atoms with E-state index < -0.39 is 0 Å². The minimum absolute atomic E-state index is 0.0292. The lowest BCUT2D eigenvalue weighted by Crippen LogP contribution is -2.48. The van der Waals surface area contributed by atoms with Gasteiger partial charge in [-0.1, -0.05) is 18.2 Å². The molecule has 2 saturated heterocycles. The first kappa shape index (κ1) is 20.9. The van der Waals surface area contributed by atoms with Crippen molar-refractivity contribution in [1.29, 1.82) is 10.5 Å². The van der Waals surface area contributed by atoms with Gasteiger partial charge in [0.1, 0.15) is 18.0 Å². The molecule has 1 atom stereocenters. The largest absolute Gasteiger partial charge is 0.370 e. The van der Waals surface area contributed by atoms with Gasteiger partial charge in [-0.05, 0) is 55.2 Å². The minimum Gasteiger partial charge on any atom is -0.370 e. The number of nitriles is 2. The zero-order chi connectivity index (χ0) is 22.9. The first-order chi connectivity index (χ1) is 16.1. The fourth-order valence-electron chi connectivity index (χ4n) is 4.51. The van der Waals surface area contributed by atoms with Crippen LogP contribution >= 0.6 is 0 Å². The van der Waals surface area contributed by atoms with Crippen LogP contribution in [0.2, 0.25) is 0 Å². The van der Waals surface area contributed by atoms with Crippen LogP contribution in [0, 0.1) is 29.6 Å². The van der Waals surface area contributed by atoms with E-state index >= 15 is 0 Å². The number of imidazole rings is 1. The maximum absolute atomic E-state index is 13.1. The number of carbonyl (C=O) groups is 1. The molecule has 2 aliphatic heterocycles. The van der Waals surface area contributed by atoms with Gasteiger partial charge < -0.3 is 14.6 Å². The molecule has 1 unspecified atom stereocenters. The Kier molecular flexibility index (Phi) is 5.42. The third-order valence-corrected chi connectivity index (χ3v) is 6.50. The molecule has 2 fully saturated rings. The number of likely N-dealkylation sites (tertiary alicyclic amines) is 1. The van der Waals surface area contributed by atoms with Gasteiger partial charge in [0.2, 0.25) is 0 Å². The fourth-order valence-corrected chi connectivity index (χ4v) is 4.51. The van der Waals surface area contributed by atoms with E-state index in [9.17, 15) is 10.1 Å². The second kappa shape index (κ2) is 8.54. The van der Waals surface area contributed by atoms with Crippen LogP contribution in [0.5, 0.6) is 0 Å². The van der Waals surface area contributed by atoms with Crippen LogP contribution in [-0.2, 0) is 4.74 Å². The number of H-pyrrole nitrogens is 1. The monoisotopic (exact) mass is 437 g/mol. The van der Waals surface area contributed by atoms with Crippen molar-refractivity contribution in [2.24, 2.45) is 0 Å². The molecule has 2 aliphatic rings. The van der Waals surface area contributed by atoms with E-state index in [1.807, 2.05) is 54.3 Å². The number of nitrogens with zero attached hydrogens (tertiary/aromatic N) is 4. The summed E-state index contributed by atoms with van der Waals surface area (Å²) in [5.41, 5.74) is 5.08. The number of carbonyl (C=O) groups excluding carboxylic acids is 1. The number of rotatable bonds is 4. The van der Waals surface area contributed by atoms with Gasteiger partial charge in [-0.25, -0.2) is 4.98 Å². The third kappa shape index (κ3) is 3.88. The van der Waals surface area contributed by atoms with E-state index in [-0.39, 0.29) is 17.9 Å². The Hall–Kier alpha value is -3.94. The van der Waals surface area contributed by atoms with Crippen molar-refractivity contribution >= 4 is 5.91 Å². The number of ether oxygens (including phenoxy) is 1. The Morgan fingerprint density at radius 2 is 1.94 bits per heavy atom. The smallest absolute Gasteiger partial charge is 0.253 e.